The third-order valence-corrected chi connectivity index (χ3v) is 4.01. The third-order valence-electron chi connectivity index (χ3n) is 2.98. The lowest BCUT2D eigenvalue weighted by atomic mass is 10.0. The summed E-state index contributed by atoms with van der Waals surface area (Å²) in [5.74, 6) is 0. The van der Waals surface area contributed by atoms with E-state index in [1.54, 1.807) is 11.3 Å². The van der Waals surface area contributed by atoms with E-state index in [0.717, 1.165) is 10.7 Å². The molecule has 2 rings (SSSR count). The maximum Gasteiger partial charge on any atom is 0.110 e. The van der Waals surface area contributed by atoms with Gasteiger partial charge in [0.2, 0.25) is 0 Å². The first-order chi connectivity index (χ1) is 8.11. The van der Waals surface area contributed by atoms with E-state index >= 15 is 0 Å². The van der Waals surface area contributed by atoms with Crippen LogP contribution in [0.15, 0.2) is 23.6 Å². The number of nitrogens with one attached hydrogen (secondary N) is 1. The maximum atomic E-state index is 4.70. The molecule has 0 amide bonds. The molecular formula is C14H18N2S. The van der Waals surface area contributed by atoms with Crippen LogP contribution < -0.4 is 5.32 Å². The van der Waals surface area contributed by atoms with Gasteiger partial charge in [-0.1, -0.05) is 23.8 Å². The average Bonchev–Trinajstić information content (AvgIpc) is 2.77. The average molecular weight is 246 g/mol. The molecule has 0 spiro atoms. The largest absolute Gasteiger partial charge is 0.311 e. The molecule has 1 atom stereocenters. The molecule has 0 aliphatic carbocycles. The van der Waals surface area contributed by atoms with Crippen LogP contribution in [0.1, 0.15) is 29.1 Å². The van der Waals surface area contributed by atoms with Crippen LogP contribution >= 0.6 is 11.3 Å². The smallest absolute Gasteiger partial charge is 0.110 e. The SMILES string of the molecule is CNC(C)c1nc(-c2ccc(C)cc2C)cs1. The van der Waals surface area contributed by atoms with E-state index in [9.17, 15) is 0 Å². The lowest BCUT2D eigenvalue weighted by molar-refractivity contribution is 0.648. The summed E-state index contributed by atoms with van der Waals surface area (Å²) in [4.78, 5) is 4.70. The standard InChI is InChI=1S/C14H18N2S/c1-9-5-6-12(10(2)7-9)13-8-17-14(16-13)11(3)15-4/h5-8,11,15H,1-4H3. The van der Waals surface area contributed by atoms with E-state index in [1.165, 1.54) is 16.7 Å². The van der Waals surface area contributed by atoms with Crippen molar-refractivity contribution in [1.82, 2.24) is 10.3 Å². The Labute approximate surface area is 107 Å². The number of nitrogens with zero attached hydrogens (tertiary/aromatic N) is 1. The summed E-state index contributed by atoms with van der Waals surface area (Å²) in [6.45, 7) is 6.39. The second kappa shape index (κ2) is 4.98. The van der Waals surface area contributed by atoms with Crippen LogP contribution in [0, 0.1) is 13.8 Å². The quantitative estimate of drug-likeness (QED) is 0.893. The number of aromatic nitrogens is 1. The summed E-state index contributed by atoms with van der Waals surface area (Å²) in [5, 5.41) is 6.50. The molecule has 1 aromatic carbocycles. The number of benzene rings is 1. The van der Waals surface area contributed by atoms with Gasteiger partial charge in [-0.3, -0.25) is 0 Å². The van der Waals surface area contributed by atoms with Crippen molar-refractivity contribution >= 4 is 11.3 Å². The molecule has 1 heterocycles. The van der Waals surface area contributed by atoms with E-state index in [-0.39, 0.29) is 0 Å². The van der Waals surface area contributed by atoms with Crippen LogP contribution in [-0.4, -0.2) is 12.0 Å². The molecular weight excluding hydrogens is 228 g/mol. The summed E-state index contributed by atoms with van der Waals surface area (Å²) in [5.41, 5.74) is 4.91. The fourth-order valence-corrected chi connectivity index (χ4v) is 2.72. The maximum absolute atomic E-state index is 4.70. The predicted molar refractivity (Wildman–Crippen MR) is 74.5 cm³/mol. The fraction of sp³-hybridized carbons (Fsp3) is 0.357. The number of rotatable bonds is 3. The van der Waals surface area contributed by atoms with Crippen molar-refractivity contribution in [3.63, 3.8) is 0 Å². The lowest BCUT2D eigenvalue weighted by Gasteiger charge is -2.06. The van der Waals surface area contributed by atoms with Gasteiger partial charge in [0.05, 0.1) is 11.7 Å². The summed E-state index contributed by atoms with van der Waals surface area (Å²) in [7, 11) is 1.96. The van der Waals surface area contributed by atoms with Crippen molar-refractivity contribution in [3.8, 4) is 11.3 Å². The van der Waals surface area contributed by atoms with Crippen LogP contribution in [0.5, 0.6) is 0 Å². The highest BCUT2D eigenvalue weighted by Gasteiger charge is 2.10. The van der Waals surface area contributed by atoms with Crippen LogP contribution in [-0.2, 0) is 0 Å². The van der Waals surface area contributed by atoms with Gasteiger partial charge in [-0.25, -0.2) is 4.98 Å². The summed E-state index contributed by atoms with van der Waals surface area (Å²) < 4.78 is 0. The van der Waals surface area contributed by atoms with Crippen molar-refractivity contribution < 1.29 is 0 Å². The van der Waals surface area contributed by atoms with Crippen LogP contribution in [0.2, 0.25) is 0 Å². The Morgan fingerprint density at radius 1 is 1.29 bits per heavy atom. The molecule has 2 nitrogen and oxygen atoms in total. The topological polar surface area (TPSA) is 24.9 Å². The molecule has 0 saturated heterocycles. The molecule has 3 heteroatoms. The number of hydrogen-bond donors (Lipinski definition) is 1. The van der Waals surface area contributed by atoms with Crippen molar-refractivity contribution in [2.75, 3.05) is 7.05 Å². The molecule has 1 aromatic heterocycles. The Bertz CT molecular complexity index is 517. The molecule has 1 unspecified atom stereocenters. The van der Waals surface area contributed by atoms with Gasteiger partial charge in [0, 0.05) is 10.9 Å². The van der Waals surface area contributed by atoms with Gasteiger partial charge in [-0.15, -0.1) is 11.3 Å². The summed E-state index contributed by atoms with van der Waals surface area (Å²) in [6, 6.07) is 6.83. The summed E-state index contributed by atoms with van der Waals surface area (Å²) in [6.07, 6.45) is 0. The Morgan fingerprint density at radius 3 is 2.71 bits per heavy atom. The molecule has 90 valence electrons. The van der Waals surface area contributed by atoms with E-state index < -0.39 is 0 Å². The van der Waals surface area contributed by atoms with Crippen molar-refractivity contribution in [2.24, 2.45) is 0 Å². The minimum absolute atomic E-state index is 0.319. The highest BCUT2D eigenvalue weighted by Crippen LogP contribution is 2.27. The van der Waals surface area contributed by atoms with Gasteiger partial charge in [-0.05, 0) is 33.4 Å². The Hall–Kier alpha value is -1.19. The minimum Gasteiger partial charge on any atom is -0.311 e. The van der Waals surface area contributed by atoms with E-state index in [0.29, 0.717) is 6.04 Å². The zero-order valence-electron chi connectivity index (χ0n) is 10.7. The van der Waals surface area contributed by atoms with E-state index in [1.807, 2.05) is 7.05 Å². The van der Waals surface area contributed by atoms with Gasteiger partial charge >= 0.3 is 0 Å². The molecule has 0 bridgehead atoms. The number of hydrogen-bond acceptors (Lipinski definition) is 3. The predicted octanol–water partition coefficient (Wildman–Crippen LogP) is 3.71. The molecule has 2 aromatic rings. The highest BCUT2D eigenvalue weighted by atomic mass is 32.1. The second-order valence-corrected chi connectivity index (χ2v) is 5.29. The zero-order valence-corrected chi connectivity index (χ0v) is 11.6. The lowest BCUT2D eigenvalue weighted by Crippen LogP contribution is -2.11. The van der Waals surface area contributed by atoms with Gasteiger partial charge in [0.25, 0.3) is 0 Å². The molecule has 1 N–H and O–H groups in total. The van der Waals surface area contributed by atoms with E-state index in [4.69, 9.17) is 4.98 Å². The Morgan fingerprint density at radius 2 is 2.06 bits per heavy atom. The molecule has 0 aliphatic rings. The normalized spacial score (nSPS) is 12.7. The molecule has 0 aliphatic heterocycles. The number of aryl methyl sites for hydroxylation is 2. The van der Waals surface area contributed by atoms with Gasteiger partial charge < -0.3 is 5.32 Å². The monoisotopic (exact) mass is 246 g/mol. The zero-order chi connectivity index (χ0) is 12.4. The number of thiazole rings is 1. The van der Waals surface area contributed by atoms with Crippen LogP contribution in [0.3, 0.4) is 0 Å². The van der Waals surface area contributed by atoms with Crippen LogP contribution in [0.25, 0.3) is 11.3 Å². The Kier molecular flexibility index (Phi) is 3.60. The first kappa shape index (κ1) is 12.3. The summed E-state index contributed by atoms with van der Waals surface area (Å²) >= 11 is 1.72. The molecule has 0 fully saturated rings. The van der Waals surface area contributed by atoms with Crippen LogP contribution in [0.4, 0.5) is 0 Å². The fourth-order valence-electron chi connectivity index (χ4n) is 1.83. The Balaban J connectivity index is 2.37. The van der Waals surface area contributed by atoms with Crippen molar-refractivity contribution in [2.45, 2.75) is 26.8 Å². The first-order valence-corrected chi connectivity index (χ1v) is 6.70. The first-order valence-electron chi connectivity index (χ1n) is 5.82. The second-order valence-electron chi connectivity index (χ2n) is 4.40. The third kappa shape index (κ3) is 2.56. The van der Waals surface area contributed by atoms with E-state index in [2.05, 4.69) is 49.7 Å². The van der Waals surface area contributed by atoms with Gasteiger partial charge in [-0.2, -0.15) is 0 Å². The van der Waals surface area contributed by atoms with Gasteiger partial charge in [0.1, 0.15) is 5.01 Å². The minimum atomic E-state index is 0.319. The molecule has 0 radical (unpaired) electrons. The molecule has 0 saturated carbocycles. The van der Waals surface area contributed by atoms with Gasteiger partial charge in [0.15, 0.2) is 0 Å². The molecule has 17 heavy (non-hydrogen) atoms. The van der Waals surface area contributed by atoms with Crippen molar-refractivity contribution in [1.29, 1.82) is 0 Å². The highest BCUT2D eigenvalue weighted by molar-refractivity contribution is 7.10. The van der Waals surface area contributed by atoms with Crippen molar-refractivity contribution in [3.05, 3.63) is 39.7 Å².